The molecule has 3 N–H and O–H groups in total. The first-order valence-corrected chi connectivity index (χ1v) is 8.82. The molecule has 140 valence electrons. The van der Waals surface area contributed by atoms with Gasteiger partial charge in [0, 0.05) is 35.5 Å². The first-order valence-electron chi connectivity index (χ1n) is 8.82. The van der Waals surface area contributed by atoms with E-state index in [1.54, 1.807) is 18.2 Å². The van der Waals surface area contributed by atoms with Crippen molar-refractivity contribution in [3.63, 3.8) is 0 Å². The lowest BCUT2D eigenvalue weighted by Gasteiger charge is -2.22. The predicted octanol–water partition coefficient (Wildman–Crippen LogP) is 2.01. The molecule has 0 amide bonds. The van der Waals surface area contributed by atoms with E-state index in [9.17, 15) is 19.5 Å². The maximum absolute atomic E-state index is 13.1. The second-order valence-electron chi connectivity index (χ2n) is 6.51. The van der Waals surface area contributed by atoms with Crippen LogP contribution in [0.4, 0.5) is 0 Å². The minimum absolute atomic E-state index is 0.0280. The van der Waals surface area contributed by atoms with E-state index in [0.29, 0.717) is 47.9 Å². The maximum Gasteiger partial charge on any atom is 0.335 e. The average molecular weight is 368 g/mol. The largest absolute Gasteiger partial charge is 0.478 e. The molecule has 2 aromatic rings. The van der Waals surface area contributed by atoms with Gasteiger partial charge in [0.25, 0.3) is 0 Å². The van der Waals surface area contributed by atoms with Crippen molar-refractivity contribution in [1.29, 1.82) is 0 Å². The number of benzene rings is 2. The van der Waals surface area contributed by atoms with Gasteiger partial charge in [-0.1, -0.05) is 18.2 Å². The zero-order chi connectivity index (χ0) is 19.6. The van der Waals surface area contributed by atoms with Crippen LogP contribution >= 0.6 is 0 Å². The van der Waals surface area contributed by atoms with E-state index in [-0.39, 0.29) is 41.5 Å². The van der Waals surface area contributed by atoms with E-state index < -0.39 is 5.97 Å². The molecular weight excluding hydrogens is 348 g/mol. The third kappa shape index (κ3) is 3.41. The van der Waals surface area contributed by atoms with Gasteiger partial charge in [0.05, 0.1) is 5.56 Å². The number of hydrogen-bond donors (Lipinski definition) is 3. The van der Waals surface area contributed by atoms with Gasteiger partial charge in [-0.3, -0.25) is 9.59 Å². The fraction of sp³-hybridized carbons (Fsp3) is 0.286. The van der Waals surface area contributed by atoms with Crippen LogP contribution in [0.15, 0.2) is 30.3 Å². The van der Waals surface area contributed by atoms with Crippen molar-refractivity contribution in [2.75, 3.05) is 13.2 Å². The Hall–Kier alpha value is -2.83. The lowest BCUT2D eigenvalue weighted by Crippen LogP contribution is -2.24. The van der Waals surface area contributed by atoms with Gasteiger partial charge in [-0.2, -0.15) is 0 Å². The smallest absolute Gasteiger partial charge is 0.335 e. The monoisotopic (exact) mass is 368 g/mol. The molecule has 0 fully saturated rings. The van der Waals surface area contributed by atoms with E-state index in [2.05, 4.69) is 0 Å². The first kappa shape index (κ1) is 18.9. The summed E-state index contributed by atoms with van der Waals surface area (Å²) in [5.41, 5.74) is 1.96. The van der Waals surface area contributed by atoms with Gasteiger partial charge in [0.15, 0.2) is 11.6 Å². The van der Waals surface area contributed by atoms with Crippen LogP contribution in [0.25, 0.3) is 0 Å². The standard InChI is InChI=1S/C21H20O6/c22-8-2-5-12-4-1-7-14-18(12)20(25)17-11-15(21(26)27)13(6-3-9-23)10-16(17)19(14)24/h1,4,7,10-11,22-23H,2-3,5-6,8-9H2,(H,26,27). The Bertz CT molecular complexity index is 929. The number of carbonyl (C=O) groups is 3. The van der Waals surface area contributed by atoms with Crippen molar-refractivity contribution in [3.8, 4) is 0 Å². The number of fused-ring (bicyclic) bond motifs is 2. The summed E-state index contributed by atoms with van der Waals surface area (Å²) in [7, 11) is 0. The Labute approximate surface area is 156 Å². The van der Waals surface area contributed by atoms with Crippen LogP contribution in [0.1, 0.15) is 66.2 Å². The molecule has 6 heteroatoms. The van der Waals surface area contributed by atoms with Gasteiger partial charge < -0.3 is 15.3 Å². The number of carboxylic acids is 1. The molecule has 2 aromatic carbocycles. The summed E-state index contributed by atoms with van der Waals surface area (Å²) in [4.78, 5) is 37.7. The van der Waals surface area contributed by atoms with Crippen LogP contribution in [0.2, 0.25) is 0 Å². The average Bonchev–Trinajstić information content (AvgIpc) is 2.67. The van der Waals surface area contributed by atoms with Crippen molar-refractivity contribution in [2.45, 2.75) is 25.7 Å². The molecule has 0 aromatic heterocycles. The molecule has 0 bridgehead atoms. The number of aromatic carboxylic acids is 1. The number of ketones is 2. The summed E-state index contributed by atoms with van der Waals surface area (Å²) in [6.07, 6.45) is 1.58. The highest BCUT2D eigenvalue weighted by Gasteiger charge is 2.33. The maximum atomic E-state index is 13.1. The van der Waals surface area contributed by atoms with Gasteiger partial charge in [-0.05, 0) is 48.9 Å². The van der Waals surface area contributed by atoms with Crippen LogP contribution in [-0.2, 0) is 12.8 Å². The molecule has 6 nitrogen and oxygen atoms in total. The molecule has 1 aliphatic rings. The fourth-order valence-electron chi connectivity index (χ4n) is 3.51. The Balaban J connectivity index is 2.16. The molecule has 27 heavy (non-hydrogen) atoms. The molecule has 0 atom stereocenters. The van der Waals surface area contributed by atoms with E-state index in [1.165, 1.54) is 12.1 Å². The van der Waals surface area contributed by atoms with Crippen molar-refractivity contribution in [1.82, 2.24) is 0 Å². The zero-order valence-electron chi connectivity index (χ0n) is 14.7. The van der Waals surface area contributed by atoms with E-state index in [0.717, 1.165) is 0 Å². The van der Waals surface area contributed by atoms with Crippen molar-refractivity contribution in [3.05, 3.63) is 69.3 Å². The van der Waals surface area contributed by atoms with Crippen LogP contribution in [0.5, 0.6) is 0 Å². The highest BCUT2D eigenvalue weighted by molar-refractivity contribution is 6.29. The summed E-state index contributed by atoms with van der Waals surface area (Å²) in [5, 5.41) is 27.6. The molecule has 0 unspecified atom stereocenters. The molecule has 0 saturated heterocycles. The highest BCUT2D eigenvalue weighted by atomic mass is 16.4. The van der Waals surface area contributed by atoms with Crippen molar-refractivity contribution in [2.24, 2.45) is 0 Å². The van der Waals surface area contributed by atoms with E-state index >= 15 is 0 Å². The SMILES string of the molecule is O=C(O)c1cc2c(cc1CCCO)C(=O)c1cccc(CCCO)c1C2=O. The van der Waals surface area contributed by atoms with Crippen LogP contribution in [0, 0.1) is 0 Å². The molecule has 1 aliphatic carbocycles. The Morgan fingerprint density at radius 3 is 2.07 bits per heavy atom. The fourth-order valence-corrected chi connectivity index (χ4v) is 3.51. The van der Waals surface area contributed by atoms with Gasteiger partial charge in [-0.15, -0.1) is 0 Å². The quantitative estimate of drug-likeness (QED) is 0.588. The minimum atomic E-state index is -1.18. The van der Waals surface area contributed by atoms with Gasteiger partial charge >= 0.3 is 5.97 Å². The van der Waals surface area contributed by atoms with E-state index in [4.69, 9.17) is 10.2 Å². The normalized spacial score (nSPS) is 12.7. The van der Waals surface area contributed by atoms with Crippen LogP contribution in [-0.4, -0.2) is 46.1 Å². The molecular formula is C21H20O6. The summed E-state index contributed by atoms with van der Waals surface area (Å²) >= 11 is 0. The lowest BCUT2D eigenvalue weighted by molar-refractivity contribution is 0.0695. The number of rotatable bonds is 7. The van der Waals surface area contributed by atoms with Crippen molar-refractivity contribution >= 4 is 17.5 Å². The van der Waals surface area contributed by atoms with E-state index in [1.807, 2.05) is 0 Å². The Morgan fingerprint density at radius 1 is 0.815 bits per heavy atom. The van der Waals surface area contributed by atoms with Crippen molar-refractivity contribution < 1.29 is 29.7 Å². The highest BCUT2D eigenvalue weighted by Crippen LogP contribution is 2.32. The van der Waals surface area contributed by atoms with Crippen LogP contribution < -0.4 is 0 Å². The molecule has 0 aliphatic heterocycles. The number of aryl methyl sites for hydroxylation is 2. The van der Waals surface area contributed by atoms with Crippen LogP contribution in [0.3, 0.4) is 0 Å². The molecule has 0 radical (unpaired) electrons. The molecule has 0 heterocycles. The second kappa shape index (κ2) is 7.82. The van der Waals surface area contributed by atoms with Gasteiger partial charge in [0.2, 0.25) is 0 Å². The minimum Gasteiger partial charge on any atom is -0.478 e. The number of hydrogen-bond acceptors (Lipinski definition) is 5. The number of carbonyl (C=O) groups excluding carboxylic acids is 2. The topological polar surface area (TPSA) is 112 Å². The van der Waals surface area contributed by atoms with Gasteiger partial charge in [0.1, 0.15) is 0 Å². The predicted molar refractivity (Wildman–Crippen MR) is 97.5 cm³/mol. The number of carboxylic acid groups (broad SMARTS) is 1. The summed E-state index contributed by atoms with van der Waals surface area (Å²) in [5.74, 6) is -1.86. The summed E-state index contributed by atoms with van der Waals surface area (Å²) in [6.45, 7) is -0.125. The molecule has 3 rings (SSSR count). The molecule has 0 saturated carbocycles. The van der Waals surface area contributed by atoms with Gasteiger partial charge in [-0.25, -0.2) is 4.79 Å². The third-order valence-electron chi connectivity index (χ3n) is 4.79. The first-order chi connectivity index (χ1) is 13.0. The third-order valence-corrected chi connectivity index (χ3v) is 4.79. The molecule has 0 spiro atoms. The zero-order valence-corrected chi connectivity index (χ0v) is 14.7. The summed E-state index contributed by atoms with van der Waals surface area (Å²) in [6, 6.07) is 7.80. The Kier molecular flexibility index (Phi) is 5.48. The lowest BCUT2D eigenvalue weighted by atomic mass is 9.79. The number of aliphatic hydroxyl groups is 2. The summed E-state index contributed by atoms with van der Waals surface area (Å²) < 4.78 is 0. The number of aliphatic hydroxyl groups excluding tert-OH is 2. The Morgan fingerprint density at radius 2 is 1.44 bits per heavy atom. The second-order valence-corrected chi connectivity index (χ2v) is 6.51.